The van der Waals surface area contributed by atoms with E-state index in [2.05, 4.69) is 69.1 Å². The molecule has 0 saturated heterocycles. The maximum Gasteiger partial charge on any atom is 0.124 e. The summed E-state index contributed by atoms with van der Waals surface area (Å²) in [4.78, 5) is 1.21. The monoisotopic (exact) mass is 361 g/mol. The minimum Gasteiger partial charge on any atom is -0.488 e. The van der Waals surface area contributed by atoms with E-state index < -0.39 is 0 Å². The highest BCUT2D eigenvalue weighted by atomic mass is 79.9. The van der Waals surface area contributed by atoms with Crippen molar-refractivity contribution in [2.45, 2.75) is 13.2 Å². The summed E-state index contributed by atoms with van der Waals surface area (Å²) < 4.78 is 7.16. The number of thiophene rings is 1. The molecule has 0 amide bonds. The Morgan fingerprint density at radius 3 is 2.81 bits per heavy atom. The first-order valence-electron chi connectivity index (χ1n) is 6.79. The first kappa shape index (κ1) is 14.6. The van der Waals surface area contributed by atoms with Crippen molar-refractivity contribution in [2.24, 2.45) is 0 Å². The number of ether oxygens (including phenoxy) is 1. The van der Waals surface area contributed by atoms with Gasteiger partial charge in [0, 0.05) is 26.8 Å². The lowest BCUT2D eigenvalue weighted by molar-refractivity contribution is 0.306. The fourth-order valence-corrected chi connectivity index (χ4v) is 3.75. The number of nitrogens with one attached hydrogen (secondary N) is 1. The maximum atomic E-state index is 6.05. The van der Waals surface area contributed by atoms with Crippen LogP contribution in [0.15, 0.2) is 52.3 Å². The van der Waals surface area contributed by atoms with Gasteiger partial charge in [0.25, 0.3) is 0 Å². The van der Waals surface area contributed by atoms with Crippen molar-refractivity contribution in [3.05, 3.63) is 62.8 Å². The zero-order chi connectivity index (χ0) is 14.7. The Morgan fingerprint density at radius 2 is 2.05 bits per heavy atom. The van der Waals surface area contributed by atoms with E-state index >= 15 is 0 Å². The second-order valence-electron chi connectivity index (χ2n) is 4.81. The van der Waals surface area contributed by atoms with Gasteiger partial charge in [-0.15, -0.1) is 11.3 Å². The zero-order valence-corrected chi connectivity index (χ0v) is 14.1. The van der Waals surface area contributed by atoms with Crippen LogP contribution in [0, 0.1) is 0 Å². The normalized spacial score (nSPS) is 11.0. The Morgan fingerprint density at radius 1 is 1.19 bits per heavy atom. The lowest BCUT2D eigenvalue weighted by Gasteiger charge is -2.13. The van der Waals surface area contributed by atoms with E-state index in [1.807, 2.05) is 7.05 Å². The standard InChI is InChI=1S/C17H16BrNOS/c1-19-9-16-15-5-3-2-4-12(15)6-7-17(16)20-10-14-8-13(18)11-21-14/h2-8,11,19H,9-10H2,1H3. The molecule has 3 aromatic rings. The summed E-state index contributed by atoms with van der Waals surface area (Å²) in [5.74, 6) is 0.951. The second-order valence-corrected chi connectivity index (χ2v) is 6.73. The van der Waals surface area contributed by atoms with Gasteiger partial charge >= 0.3 is 0 Å². The second kappa shape index (κ2) is 6.60. The molecule has 2 nitrogen and oxygen atoms in total. The fourth-order valence-electron chi connectivity index (χ4n) is 2.39. The summed E-state index contributed by atoms with van der Waals surface area (Å²) in [6.45, 7) is 1.40. The molecule has 0 radical (unpaired) electrons. The molecule has 3 rings (SSSR count). The minimum absolute atomic E-state index is 0.603. The van der Waals surface area contributed by atoms with Crippen LogP contribution in [0.1, 0.15) is 10.4 Å². The lowest BCUT2D eigenvalue weighted by atomic mass is 10.0. The zero-order valence-electron chi connectivity index (χ0n) is 11.7. The van der Waals surface area contributed by atoms with Crippen molar-refractivity contribution >= 4 is 38.0 Å². The fraction of sp³-hybridized carbons (Fsp3) is 0.176. The van der Waals surface area contributed by atoms with E-state index in [0.717, 1.165) is 16.8 Å². The average Bonchev–Trinajstić information content (AvgIpc) is 2.92. The number of halogens is 1. The van der Waals surface area contributed by atoms with E-state index in [9.17, 15) is 0 Å². The van der Waals surface area contributed by atoms with Crippen molar-refractivity contribution in [3.63, 3.8) is 0 Å². The first-order valence-corrected chi connectivity index (χ1v) is 8.46. The third kappa shape index (κ3) is 3.28. The van der Waals surface area contributed by atoms with Crippen molar-refractivity contribution in [1.82, 2.24) is 5.32 Å². The molecule has 0 aliphatic heterocycles. The van der Waals surface area contributed by atoms with Gasteiger partial charge in [0.2, 0.25) is 0 Å². The van der Waals surface area contributed by atoms with Crippen molar-refractivity contribution in [1.29, 1.82) is 0 Å². The predicted molar refractivity (Wildman–Crippen MR) is 93.1 cm³/mol. The molecule has 1 aromatic heterocycles. The van der Waals surface area contributed by atoms with Gasteiger partial charge < -0.3 is 10.1 Å². The minimum atomic E-state index is 0.603. The Balaban J connectivity index is 1.91. The van der Waals surface area contributed by atoms with Gasteiger partial charge in [-0.25, -0.2) is 0 Å². The van der Waals surface area contributed by atoms with Crippen LogP contribution in [0.5, 0.6) is 5.75 Å². The molecule has 2 aromatic carbocycles. The number of fused-ring (bicyclic) bond motifs is 1. The third-order valence-electron chi connectivity index (χ3n) is 3.34. The van der Waals surface area contributed by atoms with Crippen LogP contribution in [0.4, 0.5) is 0 Å². The van der Waals surface area contributed by atoms with Crippen LogP contribution < -0.4 is 10.1 Å². The average molecular weight is 362 g/mol. The van der Waals surface area contributed by atoms with Crippen molar-refractivity contribution in [3.8, 4) is 5.75 Å². The molecule has 1 N–H and O–H groups in total. The van der Waals surface area contributed by atoms with Crippen molar-refractivity contribution < 1.29 is 4.74 Å². The quantitative estimate of drug-likeness (QED) is 0.693. The van der Waals surface area contributed by atoms with E-state index in [1.54, 1.807) is 11.3 Å². The van der Waals surface area contributed by atoms with Crippen molar-refractivity contribution in [2.75, 3.05) is 7.05 Å². The summed E-state index contributed by atoms with van der Waals surface area (Å²) in [5, 5.41) is 7.80. The molecule has 0 aliphatic carbocycles. The molecule has 108 valence electrons. The van der Waals surface area contributed by atoms with Crippen LogP contribution in [0.3, 0.4) is 0 Å². The SMILES string of the molecule is CNCc1c(OCc2cc(Br)cs2)ccc2ccccc12. The molecule has 21 heavy (non-hydrogen) atoms. The molecule has 0 atom stereocenters. The van der Waals surface area contributed by atoms with Gasteiger partial charge in [0.1, 0.15) is 12.4 Å². The number of hydrogen-bond acceptors (Lipinski definition) is 3. The summed E-state index contributed by atoms with van der Waals surface area (Å²) >= 11 is 5.18. The van der Waals surface area contributed by atoms with E-state index in [-0.39, 0.29) is 0 Å². The Kier molecular flexibility index (Phi) is 4.58. The maximum absolute atomic E-state index is 6.05. The molecular weight excluding hydrogens is 346 g/mol. The lowest BCUT2D eigenvalue weighted by Crippen LogP contribution is -2.08. The molecule has 0 saturated carbocycles. The molecule has 4 heteroatoms. The molecule has 0 unspecified atom stereocenters. The van der Waals surface area contributed by atoms with Crippen LogP contribution in [0.25, 0.3) is 10.8 Å². The van der Waals surface area contributed by atoms with Crippen LogP contribution >= 0.6 is 27.3 Å². The molecule has 0 bridgehead atoms. The molecule has 0 spiro atoms. The van der Waals surface area contributed by atoms with Gasteiger partial charge in [-0.05, 0) is 45.9 Å². The molecule has 0 aliphatic rings. The van der Waals surface area contributed by atoms with E-state index in [4.69, 9.17) is 4.74 Å². The molecule has 1 heterocycles. The summed E-state index contributed by atoms with van der Waals surface area (Å²) in [6, 6.07) is 14.7. The van der Waals surface area contributed by atoms with Gasteiger partial charge in [0.15, 0.2) is 0 Å². The summed E-state index contributed by atoms with van der Waals surface area (Å²) in [6.07, 6.45) is 0. The highest BCUT2D eigenvalue weighted by Gasteiger charge is 2.09. The van der Waals surface area contributed by atoms with Crippen LogP contribution in [-0.2, 0) is 13.2 Å². The number of rotatable bonds is 5. The molecular formula is C17H16BrNOS. The number of hydrogen-bond donors (Lipinski definition) is 1. The topological polar surface area (TPSA) is 21.3 Å². The van der Waals surface area contributed by atoms with E-state index in [1.165, 1.54) is 21.2 Å². The highest BCUT2D eigenvalue weighted by Crippen LogP contribution is 2.29. The first-order chi connectivity index (χ1) is 10.3. The Bertz CT molecular complexity index is 753. The number of benzene rings is 2. The van der Waals surface area contributed by atoms with Crippen LogP contribution in [0.2, 0.25) is 0 Å². The molecule has 0 fully saturated rings. The van der Waals surface area contributed by atoms with Gasteiger partial charge in [-0.3, -0.25) is 0 Å². The van der Waals surface area contributed by atoms with E-state index in [0.29, 0.717) is 6.61 Å². The van der Waals surface area contributed by atoms with Crippen LogP contribution in [-0.4, -0.2) is 7.05 Å². The predicted octanol–water partition coefficient (Wildman–Crippen LogP) is 4.96. The van der Waals surface area contributed by atoms with Gasteiger partial charge in [-0.2, -0.15) is 0 Å². The smallest absolute Gasteiger partial charge is 0.124 e. The highest BCUT2D eigenvalue weighted by molar-refractivity contribution is 9.10. The summed E-state index contributed by atoms with van der Waals surface area (Å²) in [7, 11) is 1.96. The van der Waals surface area contributed by atoms with Gasteiger partial charge in [0.05, 0.1) is 0 Å². The third-order valence-corrected chi connectivity index (χ3v) is 5.01. The summed E-state index contributed by atoms with van der Waals surface area (Å²) in [5.41, 5.74) is 1.21. The Labute approximate surface area is 136 Å². The Hall–Kier alpha value is -1.36. The largest absolute Gasteiger partial charge is 0.488 e. The van der Waals surface area contributed by atoms with Gasteiger partial charge in [-0.1, -0.05) is 30.3 Å².